The molecule has 8 atom stereocenters. The molecule has 36 heavy (non-hydrogen) atoms. The molecule has 5 aliphatic rings. The van der Waals surface area contributed by atoms with Gasteiger partial charge in [-0.1, -0.05) is 13.8 Å². The molecule has 8 unspecified atom stereocenters. The predicted octanol–water partition coefficient (Wildman–Crippen LogP) is 4.29. The Balaban J connectivity index is 1.17. The summed E-state index contributed by atoms with van der Waals surface area (Å²) in [7, 11) is 0. The topological polar surface area (TPSA) is 92.0 Å². The van der Waals surface area contributed by atoms with E-state index in [1.807, 2.05) is 11.0 Å². The fraction of sp³-hybridized carbons (Fsp3) is 0.793. The normalized spacial score (nSPS) is 44.3. The molecule has 1 aliphatic heterocycles. The van der Waals surface area contributed by atoms with Crippen LogP contribution in [0.5, 0.6) is 0 Å². The second-order valence-corrected chi connectivity index (χ2v) is 12.9. The summed E-state index contributed by atoms with van der Waals surface area (Å²) in [6, 6.07) is 3.42. The van der Waals surface area contributed by atoms with E-state index in [-0.39, 0.29) is 34.6 Å². The Morgan fingerprint density at radius 3 is 2.61 bits per heavy atom. The lowest BCUT2D eigenvalue weighted by Crippen LogP contribution is -2.62. The average molecular weight is 499 g/mol. The van der Waals surface area contributed by atoms with Crippen molar-refractivity contribution < 1.29 is 19.1 Å². The summed E-state index contributed by atoms with van der Waals surface area (Å²) in [5.41, 5.74) is 0.0404. The number of hydrogen-bond acceptors (Lipinski definition) is 6. The van der Waals surface area contributed by atoms with E-state index in [0.717, 1.165) is 89.5 Å². The smallest absolute Gasteiger partial charge is 0.410 e. The molecule has 5 fully saturated rings. The van der Waals surface area contributed by atoms with Crippen molar-refractivity contribution in [1.82, 2.24) is 10.2 Å². The number of hydrogen-bond donors (Lipinski definition) is 2. The Bertz CT molecular complexity index is 1030. The van der Waals surface area contributed by atoms with Crippen LogP contribution in [0.2, 0.25) is 0 Å². The molecule has 2 heterocycles. The van der Waals surface area contributed by atoms with Crippen molar-refractivity contribution >= 4 is 6.09 Å². The van der Waals surface area contributed by atoms with Crippen LogP contribution in [-0.4, -0.2) is 54.0 Å². The van der Waals surface area contributed by atoms with Crippen molar-refractivity contribution in [3.8, 4) is 0 Å². The molecule has 4 aliphatic carbocycles. The molecule has 0 aromatic carbocycles. The number of rotatable bonds is 2. The number of fused-ring (bicyclic) bond motifs is 5. The maximum absolute atomic E-state index is 12.7. The molecule has 1 aromatic rings. The standard InChI is InChI=1S/C29H42N2O5/c1-27-10-7-21(36-26(33)31-15-13-30-14-16-31)17-20(27)4-5-24-23(27)8-11-28(2)22(9-12-29(24,28)34)19-3-6-25(32)35-18-19/h3,6,18,20-24,30,34H,4-5,7-17H2,1-2H3. The van der Waals surface area contributed by atoms with Gasteiger partial charge in [-0.2, -0.15) is 0 Å². The van der Waals surface area contributed by atoms with Gasteiger partial charge in [0.25, 0.3) is 0 Å². The van der Waals surface area contributed by atoms with Gasteiger partial charge in [-0.15, -0.1) is 0 Å². The molecular formula is C29H42N2O5. The van der Waals surface area contributed by atoms with Crippen molar-refractivity contribution in [2.75, 3.05) is 26.2 Å². The number of ether oxygens (including phenoxy) is 1. The zero-order valence-corrected chi connectivity index (χ0v) is 21.8. The molecule has 0 spiro atoms. The molecule has 2 N–H and O–H groups in total. The van der Waals surface area contributed by atoms with Crippen molar-refractivity contribution in [2.45, 2.75) is 89.3 Å². The summed E-state index contributed by atoms with van der Waals surface area (Å²) in [5.74, 6) is 1.57. The molecule has 0 radical (unpaired) electrons. The Labute approximate surface area is 214 Å². The van der Waals surface area contributed by atoms with E-state index >= 15 is 0 Å². The van der Waals surface area contributed by atoms with Crippen LogP contribution in [0.25, 0.3) is 0 Å². The van der Waals surface area contributed by atoms with Crippen LogP contribution in [0.3, 0.4) is 0 Å². The number of nitrogens with zero attached hydrogens (tertiary/aromatic N) is 1. The van der Waals surface area contributed by atoms with Gasteiger partial charge in [0.15, 0.2) is 0 Å². The highest BCUT2D eigenvalue weighted by Gasteiger charge is 2.67. The lowest BCUT2D eigenvalue weighted by molar-refractivity contribution is -0.205. The number of piperazine rings is 1. The van der Waals surface area contributed by atoms with Gasteiger partial charge in [0.05, 0.1) is 11.9 Å². The Morgan fingerprint density at radius 2 is 1.86 bits per heavy atom. The molecule has 198 valence electrons. The van der Waals surface area contributed by atoms with Crippen LogP contribution in [0, 0.1) is 28.6 Å². The minimum absolute atomic E-state index is 0.0163. The maximum atomic E-state index is 12.7. The second kappa shape index (κ2) is 8.87. The monoisotopic (exact) mass is 498 g/mol. The molecule has 0 bridgehead atoms. The summed E-state index contributed by atoms with van der Waals surface area (Å²) in [5, 5.41) is 15.7. The lowest BCUT2D eigenvalue weighted by atomic mass is 9.43. The molecule has 7 heteroatoms. The minimum atomic E-state index is -0.684. The first-order valence-corrected chi connectivity index (χ1v) is 14.2. The van der Waals surface area contributed by atoms with E-state index in [1.54, 1.807) is 6.26 Å². The third-order valence-corrected chi connectivity index (χ3v) is 11.6. The zero-order valence-electron chi connectivity index (χ0n) is 21.8. The van der Waals surface area contributed by atoms with E-state index in [1.165, 1.54) is 6.07 Å². The van der Waals surface area contributed by atoms with Gasteiger partial charge in [-0.25, -0.2) is 9.59 Å². The fourth-order valence-electron chi connectivity index (χ4n) is 9.46. The van der Waals surface area contributed by atoms with Crippen molar-refractivity contribution in [3.05, 3.63) is 34.4 Å². The Kier molecular flexibility index (Phi) is 6.03. The maximum Gasteiger partial charge on any atom is 0.410 e. The van der Waals surface area contributed by atoms with Crippen LogP contribution in [0.4, 0.5) is 4.79 Å². The van der Waals surface area contributed by atoms with Crippen LogP contribution >= 0.6 is 0 Å². The van der Waals surface area contributed by atoms with Crippen LogP contribution in [0.15, 0.2) is 27.6 Å². The van der Waals surface area contributed by atoms with Crippen LogP contribution in [0.1, 0.15) is 83.1 Å². The first kappa shape index (κ1) is 24.5. The third-order valence-electron chi connectivity index (χ3n) is 11.6. The van der Waals surface area contributed by atoms with E-state index < -0.39 is 5.60 Å². The SMILES string of the molecule is CC12CCC(OC(=O)N3CCNCC3)CC1CCC1C2CCC2(C)C(c3ccc(=O)oc3)CCC12O. The predicted molar refractivity (Wildman–Crippen MR) is 136 cm³/mol. The molecule has 6 rings (SSSR count). The van der Waals surface area contributed by atoms with Gasteiger partial charge in [0, 0.05) is 37.7 Å². The van der Waals surface area contributed by atoms with Crippen molar-refractivity contribution in [2.24, 2.45) is 28.6 Å². The van der Waals surface area contributed by atoms with Gasteiger partial charge < -0.3 is 24.5 Å². The first-order valence-electron chi connectivity index (χ1n) is 14.2. The van der Waals surface area contributed by atoms with Gasteiger partial charge in [0.2, 0.25) is 0 Å². The number of amides is 1. The summed E-state index contributed by atoms with van der Waals surface area (Å²) >= 11 is 0. The molecule has 4 saturated carbocycles. The molecular weight excluding hydrogens is 456 g/mol. The van der Waals surface area contributed by atoms with Crippen LogP contribution < -0.4 is 10.9 Å². The molecule has 7 nitrogen and oxygen atoms in total. The van der Waals surface area contributed by atoms with Gasteiger partial charge in [0.1, 0.15) is 6.10 Å². The number of nitrogens with one attached hydrogen (secondary N) is 1. The lowest BCUT2D eigenvalue weighted by Gasteiger charge is -2.63. The third kappa shape index (κ3) is 3.67. The number of aliphatic hydroxyl groups is 1. The number of carbonyl (C=O) groups excluding carboxylic acids is 1. The fourth-order valence-corrected chi connectivity index (χ4v) is 9.46. The van der Waals surface area contributed by atoms with Gasteiger partial charge >= 0.3 is 11.7 Å². The highest BCUT2D eigenvalue weighted by atomic mass is 16.6. The van der Waals surface area contributed by atoms with E-state index in [4.69, 9.17) is 9.15 Å². The van der Waals surface area contributed by atoms with Crippen molar-refractivity contribution in [3.63, 3.8) is 0 Å². The van der Waals surface area contributed by atoms with Crippen LogP contribution in [-0.2, 0) is 4.74 Å². The van der Waals surface area contributed by atoms with E-state index in [0.29, 0.717) is 17.8 Å². The van der Waals surface area contributed by atoms with Gasteiger partial charge in [-0.05, 0) is 98.5 Å². The zero-order chi connectivity index (χ0) is 25.1. The summed E-state index contributed by atoms with van der Waals surface area (Å²) in [6.07, 6.45) is 10.5. The average Bonchev–Trinajstić information content (AvgIpc) is 3.16. The van der Waals surface area contributed by atoms with E-state index in [9.17, 15) is 14.7 Å². The van der Waals surface area contributed by atoms with Gasteiger partial charge in [-0.3, -0.25) is 0 Å². The highest BCUT2D eigenvalue weighted by molar-refractivity contribution is 5.68. The molecule has 1 saturated heterocycles. The van der Waals surface area contributed by atoms with Crippen molar-refractivity contribution in [1.29, 1.82) is 0 Å². The minimum Gasteiger partial charge on any atom is -0.446 e. The summed E-state index contributed by atoms with van der Waals surface area (Å²) < 4.78 is 11.2. The highest BCUT2D eigenvalue weighted by Crippen LogP contribution is 2.70. The first-order chi connectivity index (χ1) is 17.2. The quantitative estimate of drug-likeness (QED) is 0.632. The second-order valence-electron chi connectivity index (χ2n) is 12.9. The Morgan fingerprint density at radius 1 is 1.06 bits per heavy atom. The summed E-state index contributed by atoms with van der Waals surface area (Å²) in [6.45, 7) is 7.88. The Hall–Kier alpha value is -1.86. The number of carbonyl (C=O) groups is 1. The summed E-state index contributed by atoms with van der Waals surface area (Å²) in [4.78, 5) is 26.1. The van der Waals surface area contributed by atoms with E-state index in [2.05, 4.69) is 19.2 Å². The largest absolute Gasteiger partial charge is 0.446 e. The molecule has 1 aromatic heterocycles. The molecule has 1 amide bonds.